The molecule has 1 heterocycles. The summed E-state index contributed by atoms with van der Waals surface area (Å²) in [5.41, 5.74) is 3.66. The summed E-state index contributed by atoms with van der Waals surface area (Å²) < 4.78 is 0. The zero-order valence-corrected chi connectivity index (χ0v) is 11.5. The smallest absolute Gasteiger partial charge is 0.337 e. The van der Waals surface area contributed by atoms with E-state index in [4.69, 9.17) is 0 Å². The first-order valence-corrected chi connectivity index (χ1v) is 6.60. The molecule has 2 aromatic carbocycles. The summed E-state index contributed by atoms with van der Waals surface area (Å²) >= 11 is 0. The molecule has 0 spiro atoms. The first kappa shape index (κ1) is 13.1. The lowest BCUT2D eigenvalue weighted by molar-refractivity contribution is 0.0698. The van der Waals surface area contributed by atoms with Gasteiger partial charge in [0.2, 0.25) is 0 Å². The number of para-hydroxylation sites is 1. The standard InChI is InChI=1S/C17H14N2O2/c1-11-6-7-14-13(10-11)16(8-9-18-14)19-15-5-3-2-4-12(15)17(20)21/h2-10H,1H3,(H,18,19)(H,20,21). The van der Waals surface area contributed by atoms with Crippen molar-refractivity contribution < 1.29 is 9.90 Å². The van der Waals surface area contributed by atoms with E-state index in [2.05, 4.69) is 10.3 Å². The van der Waals surface area contributed by atoms with Crippen LogP contribution >= 0.6 is 0 Å². The molecule has 3 rings (SSSR count). The summed E-state index contributed by atoms with van der Waals surface area (Å²) in [4.78, 5) is 15.6. The predicted octanol–water partition coefficient (Wildman–Crippen LogP) is 3.99. The van der Waals surface area contributed by atoms with Gasteiger partial charge in [-0.05, 0) is 37.3 Å². The summed E-state index contributed by atoms with van der Waals surface area (Å²) in [6.07, 6.45) is 1.71. The van der Waals surface area contributed by atoms with E-state index in [0.29, 0.717) is 5.69 Å². The molecule has 0 saturated carbocycles. The van der Waals surface area contributed by atoms with Gasteiger partial charge in [0.25, 0.3) is 0 Å². The Morgan fingerprint density at radius 1 is 1.10 bits per heavy atom. The Labute approximate surface area is 122 Å². The highest BCUT2D eigenvalue weighted by Crippen LogP contribution is 2.27. The average molecular weight is 278 g/mol. The van der Waals surface area contributed by atoms with E-state index in [1.165, 1.54) is 0 Å². The van der Waals surface area contributed by atoms with Crippen LogP contribution in [0.2, 0.25) is 0 Å². The Bertz CT molecular complexity index is 828. The van der Waals surface area contributed by atoms with Crippen molar-refractivity contribution in [3.05, 3.63) is 65.9 Å². The van der Waals surface area contributed by atoms with Gasteiger partial charge in [0, 0.05) is 17.3 Å². The lowest BCUT2D eigenvalue weighted by atomic mass is 10.1. The molecule has 4 heteroatoms. The predicted molar refractivity (Wildman–Crippen MR) is 83.2 cm³/mol. The summed E-state index contributed by atoms with van der Waals surface area (Å²) in [6.45, 7) is 2.02. The van der Waals surface area contributed by atoms with Gasteiger partial charge < -0.3 is 10.4 Å². The third kappa shape index (κ3) is 2.56. The Hall–Kier alpha value is -2.88. The molecule has 0 aliphatic rings. The van der Waals surface area contributed by atoms with E-state index in [1.54, 1.807) is 24.4 Å². The van der Waals surface area contributed by atoms with Crippen molar-refractivity contribution >= 4 is 28.2 Å². The quantitative estimate of drug-likeness (QED) is 0.760. The molecule has 0 unspecified atom stereocenters. The molecule has 3 aromatic rings. The molecular weight excluding hydrogens is 264 g/mol. The lowest BCUT2D eigenvalue weighted by Crippen LogP contribution is -2.02. The van der Waals surface area contributed by atoms with Gasteiger partial charge in [-0.3, -0.25) is 4.98 Å². The minimum Gasteiger partial charge on any atom is -0.478 e. The second-order valence-corrected chi connectivity index (χ2v) is 4.85. The van der Waals surface area contributed by atoms with Crippen LogP contribution in [0.1, 0.15) is 15.9 Å². The van der Waals surface area contributed by atoms with Crippen molar-refractivity contribution in [2.75, 3.05) is 5.32 Å². The molecule has 4 nitrogen and oxygen atoms in total. The van der Waals surface area contributed by atoms with Crippen LogP contribution in [0.5, 0.6) is 0 Å². The molecule has 0 aliphatic carbocycles. The topological polar surface area (TPSA) is 62.2 Å². The number of benzene rings is 2. The fourth-order valence-corrected chi connectivity index (χ4v) is 2.29. The van der Waals surface area contributed by atoms with Crippen molar-refractivity contribution in [2.45, 2.75) is 6.92 Å². The number of hydrogen-bond acceptors (Lipinski definition) is 3. The number of aromatic nitrogens is 1. The molecule has 0 atom stereocenters. The first-order valence-electron chi connectivity index (χ1n) is 6.60. The molecule has 1 aromatic heterocycles. The van der Waals surface area contributed by atoms with Crippen LogP contribution in [-0.4, -0.2) is 16.1 Å². The summed E-state index contributed by atoms with van der Waals surface area (Å²) in [6, 6.07) is 14.7. The van der Waals surface area contributed by atoms with Gasteiger partial charge in [0.05, 0.1) is 16.8 Å². The molecular formula is C17H14N2O2. The van der Waals surface area contributed by atoms with E-state index in [1.807, 2.05) is 37.3 Å². The summed E-state index contributed by atoms with van der Waals surface area (Å²) in [7, 11) is 0. The SMILES string of the molecule is Cc1ccc2nccc(Nc3ccccc3C(=O)O)c2c1. The number of pyridine rings is 1. The summed E-state index contributed by atoms with van der Waals surface area (Å²) in [5.74, 6) is -0.951. The third-order valence-corrected chi connectivity index (χ3v) is 3.32. The van der Waals surface area contributed by atoms with Gasteiger partial charge in [-0.1, -0.05) is 23.8 Å². The minimum absolute atomic E-state index is 0.245. The minimum atomic E-state index is -0.951. The van der Waals surface area contributed by atoms with Crippen LogP contribution in [0.3, 0.4) is 0 Å². The Morgan fingerprint density at radius 3 is 2.71 bits per heavy atom. The van der Waals surface area contributed by atoms with Gasteiger partial charge in [-0.2, -0.15) is 0 Å². The molecule has 0 fully saturated rings. The largest absolute Gasteiger partial charge is 0.478 e. The van der Waals surface area contributed by atoms with Gasteiger partial charge in [0.15, 0.2) is 0 Å². The van der Waals surface area contributed by atoms with E-state index < -0.39 is 5.97 Å². The van der Waals surface area contributed by atoms with Crippen LogP contribution in [0, 0.1) is 6.92 Å². The Morgan fingerprint density at radius 2 is 1.90 bits per heavy atom. The maximum Gasteiger partial charge on any atom is 0.337 e. The normalized spacial score (nSPS) is 10.5. The van der Waals surface area contributed by atoms with E-state index in [-0.39, 0.29) is 5.56 Å². The molecule has 0 amide bonds. The number of carboxylic acid groups (broad SMARTS) is 1. The highest BCUT2D eigenvalue weighted by atomic mass is 16.4. The lowest BCUT2D eigenvalue weighted by Gasteiger charge is -2.12. The molecule has 0 aliphatic heterocycles. The van der Waals surface area contributed by atoms with Gasteiger partial charge in [0.1, 0.15) is 0 Å². The highest BCUT2D eigenvalue weighted by Gasteiger charge is 2.10. The van der Waals surface area contributed by atoms with Crippen molar-refractivity contribution in [1.29, 1.82) is 0 Å². The number of carbonyl (C=O) groups is 1. The number of nitrogens with zero attached hydrogens (tertiary/aromatic N) is 1. The number of fused-ring (bicyclic) bond motifs is 1. The Balaban J connectivity index is 2.11. The zero-order valence-electron chi connectivity index (χ0n) is 11.5. The second-order valence-electron chi connectivity index (χ2n) is 4.85. The number of carboxylic acids is 1. The highest BCUT2D eigenvalue weighted by molar-refractivity contribution is 5.98. The summed E-state index contributed by atoms with van der Waals surface area (Å²) in [5, 5.41) is 13.4. The number of nitrogens with one attached hydrogen (secondary N) is 1. The first-order chi connectivity index (χ1) is 10.1. The Kier molecular flexibility index (Phi) is 3.28. The number of aromatic carboxylic acids is 1. The van der Waals surface area contributed by atoms with Crippen LogP contribution in [0.25, 0.3) is 10.9 Å². The molecule has 2 N–H and O–H groups in total. The fourth-order valence-electron chi connectivity index (χ4n) is 2.29. The van der Waals surface area contributed by atoms with Gasteiger partial charge in [-0.15, -0.1) is 0 Å². The number of rotatable bonds is 3. The van der Waals surface area contributed by atoms with Crippen molar-refractivity contribution in [3.63, 3.8) is 0 Å². The monoisotopic (exact) mass is 278 g/mol. The van der Waals surface area contributed by atoms with Crippen molar-refractivity contribution in [2.24, 2.45) is 0 Å². The maximum absolute atomic E-state index is 11.3. The molecule has 104 valence electrons. The fraction of sp³-hybridized carbons (Fsp3) is 0.0588. The van der Waals surface area contributed by atoms with Crippen LogP contribution in [-0.2, 0) is 0 Å². The van der Waals surface area contributed by atoms with Gasteiger partial charge in [-0.25, -0.2) is 4.79 Å². The van der Waals surface area contributed by atoms with E-state index >= 15 is 0 Å². The van der Waals surface area contributed by atoms with Crippen LogP contribution in [0.4, 0.5) is 11.4 Å². The van der Waals surface area contributed by atoms with E-state index in [0.717, 1.165) is 22.2 Å². The third-order valence-electron chi connectivity index (χ3n) is 3.32. The molecule has 0 bridgehead atoms. The molecule has 21 heavy (non-hydrogen) atoms. The van der Waals surface area contributed by atoms with Crippen LogP contribution in [0.15, 0.2) is 54.7 Å². The van der Waals surface area contributed by atoms with Crippen molar-refractivity contribution in [1.82, 2.24) is 4.98 Å². The van der Waals surface area contributed by atoms with E-state index in [9.17, 15) is 9.90 Å². The molecule has 0 saturated heterocycles. The zero-order chi connectivity index (χ0) is 14.8. The number of hydrogen-bond donors (Lipinski definition) is 2. The molecule has 0 radical (unpaired) electrons. The maximum atomic E-state index is 11.3. The average Bonchev–Trinajstić information content (AvgIpc) is 2.48. The number of aryl methyl sites for hydroxylation is 1. The van der Waals surface area contributed by atoms with Gasteiger partial charge >= 0.3 is 5.97 Å². The second kappa shape index (κ2) is 5.25. The van der Waals surface area contributed by atoms with Crippen LogP contribution < -0.4 is 5.32 Å². The van der Waals surface area contributed by atoms with Crippen molar-refractivity contribution in [3.8, 4) is 0 Å². The number of anilines is 2.